The van der Waals surface area contributed by atoms with Gasteiger partial charge < -0.3 is 4.74 Å². The molecule has 0 aliphatic rings. The minimum Gasteiger partial charge on any atom is -0.547 e. The second-order valence-electron chi connectivity index (χ2n) is 3.14. The first-order valence-corrected chi connectivity index (χ1v) is 10.6. The van der Waals surface area contributed by atoms with Gasteiger partial charge in [0.1, 0.15) is 0 Å². The number of nitrogens with zero attached hydrogens (tertiary/aromatic N) is 1. The molecule has 1 radical (unpaired) electrons. The van der Waals surface area contributed by atoms with E-state index in [0.29, 0.717) is 16.9 Å². The van der Waals surface area contributed by atoms with E-state index in [4.69, 9.17) is 4.74 Å². The molecular weight excluding hydrogens is 525 g/mol. The van der Waals surface area contributed by atoms with E-state index in [0.717, 1.165) is 5.56 Å². The Hall–Kier alpha value is 0.984. The zero-order chi connectivity index (χ0) is 12.9. The quantitative estimate of drug-likeness (QED) is 0.248. The topological polar surface area (TPSA) is 52.4 Å². The first-order valence-electron chi connectivity index (χ1n) is 4.34. The predicted molar refractivity (Wildman–Crippen MR) is 80.7 cm³/mol. The summed E-state index contributed by atoms with van der Waals surface area (Å²) >= 11 is 4.24. The minimum atomic E-state index is -0.415. The van der Waals surface area contributed by atoms with Crippen molar-refractivity contribution in [3.05, 3.63) is 32.9 Å². The monoisotopic (exact) mass is 537 g/mol. The van der Waals surface area contributed by atoms with Crippen LogP contribution in [0.1, 0.15) is 16.7 Å². The van der Waals surface area contributed by atoms with E-state index in [1.165, 1.54) is 7.11 Å². The van der Waals surface area contributed by atoms with Gasteiger partial charge in [0.15, 0.2) is 0 Å². The third kappa shape index (κ3) is 5.24. The van der Waals surface area contributed by atoms with Gasteiger partial charge in [0.25, 0.3) is 0 Å². The third-order valence-electron chi connectivity index (χ3n) is 2.24. The number of ether oxygens (including phenoxy) is 1. The van der Waals surface area contributed by atoms with E-state index in [1.54, 1.807) is 20.8 Å². The van der Waals surface area contributed by atoms with Crippen LogP contribution in [0.5, 0.6) is 5.75 Å². The van der Waals surface area contributed by atoms with Crippen LogP contribution < -0.4 is 4.74 Å². The van der Waals surface area contributed by atoms with Crippen molar-refractivity contribution in [2.45, 2.75) is 20.8 Å². The molecule has 0 heterocycles. The van der Waals surface area contributed by atoms with E-state index in [9.17, 15) is 10.1 Å². The van der Waals surface area contributed by atoms with Crippen LogP contribution >= 0.6 is 37.2 Å². The Bertz CT molecular complexity index is 400. The molecule has 0 unspecified atom stereocenters. The largest absolute Gasteiger partial charge is 0.547 e. The summed E-state index contributed by atoms with van der Waals surface area (Å²) in [5, 5.41) is 10.8. The van der Waals surface area contributed by atoms with Gasteiger partial charge in [-0.2, -0.15) is 11.6 Å². The maximum Gasteiger partial charge on any atom is 0.210 e. The molecule has 4 nitrogen and oxygen atoms in total. The van der Waals surface area contributed by atoms with Crippen molar-refractivity contribution in [2.24, 2.45) is 0 Å². The molecule has 0 aromatic heterocycles. The zero-order valence-corrected chi connectivity index (χ0v) is 17.2. The van der Waals surface area contributed by atoms with Gasteiger partial charge in [-0.3, -0.25) is 10.1 Å². The second-order valence-corrected chi connectivity index (χ2v) is 3.14. The third-order valence-corrected chi connectivity index (χ3v) is 2.24. The number of methoxy groups -OCH3 is 1. The number of rotatable bonds is 2. The SMILES string of the molecule is COc1c(C)[c-]c(C)c(C)c1[N+](=O)[O-].II.[Y]. The van der Waals surface area contributed by atoms with Crippen LogP contribution in [-0.4, -0.2) is 12.0 Å². The summed E-state index contributed by atoms with van der Waals surface area (Å²) in [4.78, 5) is 10.4. The molecule has 0 saturated heterocycles. The number of benzene rings is 1. The summed E-state index contributed by atoms with van der Waals surface area (Å²) in [7, 11) is 1.43. The van der Waals surface area contributed by atoms with E-state index in [2.05, 4.69) is 43.3 Å². The number of halogens is 2. The maximum atomic E-state index is 10.8. The van der Waals surface area contributed by atoms with Crippen molar-refractivity contribution in [3.63, 3.8) is 0 Å². The van der Waals surface area contributed by atoms with Crippen molar-refractivity contribution in [3.8, 4) is 5.75 Å². The van der Waals surface area contributed by atoms with E-state index in [1.807, 2.05) is 0 Å². The van der Waals surface area contributed by atoms with Crippen LogP contribution in [0.4, 0.5) is 5.69 Å². The Morgan fingerprint density at radius 2 is 1.71 bits per heavy atom. The van der Waals surface area contributed by atoms with Crippen LogP contribution in [0.3, 0.4) is 0 Å². The van der Waals surface area contributed by atoms with E-state index in [-0.39, 0.29) is 38.4 Å². The molecule has 1 rings (SSSR count). The van der Waals surface area contributed by atoms with Gasteiger partial charge in [0, 0.05) is 74.9 Å². The summed E-state index contributed by atoms with van der Waals surface area (Å²) in [6, 6.07) is 3.02. The molecule has 93 valence electrons. The van der Waals surface area contributed by atoms with Gasteiger partial charge in [-0.05, 0) is 0 Å². The fourth-order valence-electron chi connectivity index (χ4n) is 1.43. The first-order chi connectivity index (χ1) is 7.49. The van der Waals surface area contributed by atoms with Gasteiger partial charge in [-0.25, -0.2) is 0 Å². The molecule has 0 aliphatic heterocycles. The summed E-state index contributed by atoms with van der Waals surface area (Å²) in [5.74, 6) is 0.304. The molecule has 1 aromatic rings. The first kappa shape index (κ1) is 20.3. The number of aryl methyl sites for hydroxylation is 2. The predicted octanol–water partition coefficient (Wildman–Crippen LogP) is 4.10. The molecular formula is C10H12I2NO3Y-. The van der Waals surface area contributed by atoms with Crippen LogP contribution in [0.2, 0.25) is 0 Å². The second kappa shape index (κ2) is 9.85. The molecule has 0 fully saturated rings. The normalized spacial score (nSPS) is 8.59. The van der Waals surface area contributed by atoms with Crippen molar-refractivity contribution < 1.29 is 42.4 Å². The molecule has 1 aromatic carbocycles. The Labute approximate surface area is 150 Å². The van der Waals surface area contributed by atoms with Crippen molar-refractivity contribution in [1.29, 1.82) is 0 Å². The molecule has 0 spiro atoms. The standard InChI is InChI=1S/C10H12NO3.I2.Y/c1-6-5-7(2)10(14-4)9(8(6)3)11(12)13;1-2;/h1-4H3;;/q-1;;. The molecule has 0 amide bonds. The van der Waals surface area contributed by atoms with Gasteiger partial charge >= 0.3 is 0 Å². The molecule has 0 saturated carbocycles. The van der Waals surface area contributed by atoms with E-state index >= 15 is 0 Å². The molecule has 0 N–H and O–H groups in total. The Balaban J connectivity index is 0. The van der Waals surface area contributed by atoms with Gasteiger partial charge in [-0.1, -0.05) is 26.3 Å². The molecule has 0 bridgehead atoms. The molecule has 7 heteroatoms. The fraction of sp³-hybridized carbons (Fsp3) is 0.400. The van der Waals surface area contributed by atoms with Gasteiger partial charge in [-0.15, -0.1) is 5.56 Å². The van der Waals surface area contributed by atoms with Gasteiger partial charge in [0.05, 0.1) is 12.9 Å². The summed E-state index contributed by atoms with van der Waals surface area (Å²) in [5.41, 5.74) is 2.11. The number of nitro groups is 1. The Morgan fingerprint density at radius 3 is 2.06 bits per heavy atom. The number of nitro benzene ring substituents is 1. The fourth-order valence-corrected chi connectivity index (χ4v) is 1.43. The van der Waals surface area contributed by atoms with Crippen LogP contribution in [-0.2, 0) is 32.7 Å². The van der Waals surface area contributed by atoms with Crippen molar-refractivity contribution >= 4 is 42.9 Å². The van der Waals surface area contributed by atoms with Crippen molar-refractivity contribution in [2.75, 3.05) is 7.11 Å². The zero-order valence-electron chi connectivity index (χ0n) is 10.0. The summed E-state index contributed by atoms with van der Waals surface area (Å²) in [6.45, 7) is 5.25. The van der Waals surface area contributed by atoms with Crippen LogP contribution in [0.25, 0.3) is 0 Å². The van der Waals surface area contributed by atoms with E-state index < -0.39 is 4.92 Å². The van der Waals surface area contributed by atoms with Crippen molar-refractivity contribution in [1.82, 2.24) is 0 Å². The molecule has 0 aliphatic carbocycles. The Morgan fingerprint density at radius 1 is 1.24 bits per heavy atom. The van der Waals surface area contributed by atoms with Crippen LogP contribution in [0.15, 0.2) is 0 Å². The van der Waals surface area contributed by atoms with Gasteiger partial charge in [0.2, 0.25) is 5.69 Å². The Kier molecular flexibility index (Phi) is 11.8. The minimum absolute atomic E-state index is 0. The molecule has 0 atom stereocenters. The maximum absolute atomic E-state index is 10.8. The van der Waals surface area contributed by atoms with Crippen LogP contribution in [0, 0.1) is 37.0 Å². The summed E-state index contributed by atoms with van der Waals surface area (Å²) < 4.78 is 5.00. The number of hydrogen-bond acceptors (Lipinski definition) is 3. The average molecular weight is 537 g/mol. The number of hydrogen-bond donors (Lipinski definition) is 0. The smallest absolute Gasteiger partial charge is 0.210 e. The molecule has 17 heavy (non-hydrogen) atoms. The average Bonchev–Trinajstić information content (AvgIpc) is 2.25. The summed E-state index contributed by atoms with van der Waals surface area (Å²) in [6.07, 6.45) is 0.